The van der Waals surface area contributed by atoms with E-state index in [-0.39, 0.29) is 23.0 Å². The maximum atomic E-state index is 11.4. The van der Waals surface area contributed by atoms with Gasteiger partial charge in [-0.3, -0.25) is 4.98 Å². The summed E-state index contributed by atoms with van der Waals surface area (Å²) in [5.41, 5.74) is 2.75. The van der Waals surface area contributed by atoms with Crippen molar-refractivity contribution in [1.82, 2.24) is 4.98 Å². The molecule has 0 saturated heterocycles. The van der Waals surface area contributed by atoms with Crippen LogP contribution in [0.3, 0.4) is 0 Å². The minimum Gasteiger partial charge on any atom is -0.501 e. The van der Waals surface area contributed by atoms with E-state index in [4.69, 9.17) is 4.74 Å². The van der Waals surface area contributed by atoms with Crippen LogP contribution in [0, 0.1) is 34.5 Å². The molecule has 3 fully saturated rings. The number of nitrogens with zero attached hydrogens (tertiary/aromatic N) is 1. The standard InChI is InChI=1S/C25H35NO3/c1-24-8-6-17(27)11-16(24)12-20(28)22-18(24)7-9-25(2)19(22)13-21(29-3)23(25)15-5-4-10-26-14-15/h4-5,10,14,16-20,22,27-28H,6-9,11-13H2,1-3H3. The number of fused-ring (bicyclic) bond motifs is 5. The fourth-order valence-electron chi connectivity index (χ4n) is 8.02. The predicted molar refractivity (Wildman–Crippen MR) is 113 cm³/mol. The van der Waals surface area contributed by atoms with Crippen molar-refractivity contribution in [1.29, 1.82) is 0 Å². The van der Waals surface area contributed by atoms with Crippen molar-refractivity contribution in [3.63, 3.8) is 0 Å². The number of rotatable bonds is 2. The SMILES string of the molecule is COC1=C(c2cccnc2)C2(C)CCC3C(C(O)CC4CC(O)CCC43C)C2C1. The Morgan fingerprint density at radius 3 is 2.66 bits per heavy atom. The van der Waals surface area contributed by atoms with Gasteiger partial charge < -0.3 is 14.9 Å². The minimum absolute atomic E-state index is 0.0217. The summed E-state index contributed by atoms with van der Waals surface area (Å²) in [6.45, 7) is 4.85. The van der Waals surface area contributed by atoms with Crippen molar-refractivity contribution in [3.8, 4) is 0 Å². The monoisotopic (exact) mass is 397 g/mol. The van der Waals surface area contributed by atoms with Crippen LogP contribution < -0.4 is 0 Å². The van der Waals surface area contributed by atoms with Crippen LogP contribution in [0.2, 0.25) is 0 Å². The zero-order valence-corrected chi connectivity index (χ0v) is 18.0. The molecule has 8 unspecified atom stereocenters. The van der Waals surface area contributed by atoms with Crippen molar-refractivity contribution >= 4 is 5.57 Å². The summed E-state index contributed by atoms with van der Waals surface area (Å²) in [5, 5.41) is 21.6. The molecule has 1 aromatic heterocycles. The first-order valence-corrected chi connectivity index (χ1v) is 11.4. The van der Waals surface area contributed by atoms with Gasteiger partial charge in [0.2, 0.25) is 0 Å². The Labute approximate surface area is 174 Å². The number of hydrogen-bond donors (Lipinski definition) is 2. The Balaban J connectivity index is 1.53. The molecule has 5 rings (SSSR count). The lowest BCUT2D eigenvalue weighted by Gasteiger charge is -2.61. The van der Waals surface area contributed by atoms with Crippen molar-refractivity contribution < 1.29 is 14.9 Å². The van der Waals surface area contributed by atoms with Gasteiger partial charge in [0, 0.05) is 29.8 Å². The van der Waals surface area contributed by atoms with Gasteiger partial charge in [-0.15, -0.1) is 0 Å². The first kappa shape index (κ1) is 19.6. The first-order chi connectivity index (χ1) is 13.9. The van der Waals surface area contributed by atoms with Crippen molar-refractivity contribution in [2.75, 3.05) is 7.11 Å². The average Bonchev–Trinajstić information content (AvgIpc) is 3.02. The molecule has 1 heterocycles. The topological polar surface area (TPSA) is 62.6 Å². The van der Waals surface area contributed by atoms with E-state index in [1.54, 1.807) is 7.11 Å². The number of aliphatic hydroxyl groups is 2. The van der Waals surface area contributed by atoms with Crippen LogP contribution in [-0.2, 0) is 4.74 Å². The van der Waals surface area contributed by atoms with Crippen molar-refractivity contribution in [3.05, 3.63) is 35.8 Å². The summed E-state index contributed by atoms with van der Waals surface area (Å²) >= 11 is 0. The average molecular weight is 398 g/mol. The largest absolute Gasteiger partial charge is 0.501 e. The summed E-state index contributed by atoms with van der Waals surface area (Å²) in [7, 11) is 1.79. The molecule has 0 amide bonds. The van der Waals surface area contributed by atoms with E-state index < -0.39 is 0 Å². The van der Waals surface area contributed by atoms with Gasteiger partial charge >= 0.3 is 0 Å². The number of ether oxygens (including phenoxy) is 1. The van der Waals surface area contributed by atoms with E-state index in [9.17, 15) is 10.2 Å². The third-order valence-corrected chi connectivity index (χ3v) is 9.50. The van der Waals surface area contributed by atoms with Gasteiger partial charge in [-0.2, -0.15) is 0 Å². The van der Waals surface area contributed by atoms with E-state index in [1.807, 2.05) is 18.5 Å². The smallest absolute Gasteiger partial charge is 0.100 e. The molecule has 0 spiro atoms. The molecule has 3 saturated carbocycles. The van der Waals surface area contributed by atoms with Crippen LogP contribution in [0.1, 0.15) is 64.4 Å². The van der Waals surface area contributed by atoms with Crippen molar-refractivity contribution in [2.45, 2.75) is 71.0 Å². The molecule has 0 aromatic carbocycles. The number of aliphatic hydroxyl groups excluding tert-OH is 2. The molecular weight excluding hydrogens is 362 g/mol. The Kier molecular flexibility index (Phi) is 4.60. The van der Waals surface area contributed by atoms with E-state index in [1.165, 1.54) is 11.1 Å². The van der Waals surface area contributed by atoms with Gasteiger partial charge in [-0.25, -0.2) is 0 Å². The fourth-order valence-corrected chi connectivity index (χ4v) is 8.02. The molecular formula is C25H35NO3. The highest BCUT2D eigenvalue weighted by atomic mass is 16.5. The lowest BCUT2D eigenvalue weighted by Crippen LogP contribution is -2.58. The lowest BCUT2D eigenvalue weighted by atomic mass is 9.44. The van der Waals surface area contributed by atoms with Gasteiger partial charge in [0.05, 0.1) is 19.3 Å². The number of hydrogen-bond acceptors (Lipinski definition) is 4. The molecule has 1 aromatic rings. The molecule has 2 N–H and O–H groups in total. The Morgan fingerprint density at radius 1 is 1.10 bits per heavy atom. The van der Waals surface area contributed by atoms with E-state index in [0.717, 1.165) is 50.7 Å². The maximum absolute atomic E-state index is 11.4. The molecule has 4 aliphatic rings. The van der Waals surface area contributed by atoms with Crippen LogP contribution in [0.25, 0.3) is 5.57 Å². The minimum atomic E-state index is -0.278. The molecule has 4 nitrogen and oxygen atoms in total. The first-order valence-electron chi connectivity index (χ1n) is 11.4. The van der Waals surface area contributed by atoms with E-state index >= 15 is 0 Å². The third-order valence-electron chi connectivity index (χ3n) is 9.50. The highest BCUT2D eigenvalue weighted by molar-refractivity contribution is 5.74. The summed E-state index contributed by atoms with van der Waals surface area (Å²) in [4.78, 5) is 4.37. The normalized spacial score (nSPS) is 46.7. The number of aromatic nitrogens is 1. The number of pyridine rings is 1. The second kappa shape index (κ2) is 6.81. The molecule has 158 valence electrons. The number of methoxy groups -OCH3 is 1. The quantitative estimate of drug-likeness (QED) is 0.775. The molecule has 0 radical (unpaired) electrons. The Hall–Kier alpha value is -1.39. The zero-order valence-electron chi connectivity index (χ0n) is 18.0. The summed E-state index contributed by atoms with van der Waals surface area (Å²) in [6, 6.07) is 4.16. The number of allylic oxidation sites excluding steroid dienone is 2. The summed E-state index contributed by atoms with van der Waals surface area (Å²) in [6.07, 6.45) is 10.2. The Bertz CT molecular complexity index is 808. The van der Waals surface area contributed by atoms with Gasteiger partial charge in [0.15, 0.2) is 0 Å². The highest BCUT2D eigenvalue weighted by Gasteiger charge is 2.62. The van der Waals surface area contributed by atoms with Crippen LogP contribution in [0.5, 0.6) is 0 Å². The van der Waals surface area contributed by atoms with Crippen LogP contribution in [0.15, 0.2) is 30.3 Å². The fraction of sp³-hybridized carbons (Fsp3) is 0.720. The van der Waals surface area contributed by atoms with Crippen molar-refractivity contribution in [2.24, 2.45) is 34.5 Å². The van der Waals surface area contributed by atoms with Gasteiger partial charge in [-0.1, -0.05) is 19.9 Å². The molecule has 4 aliphatic carbocycles. The lowest BCUT2D eigenvalue weighted by molar-refractivity contribution is -0.164. The van der Waals surface area contributed by atoms with Crippen LogP contribution in [0.4, 0.5) is 0 Å². The summed E-state index contributed by atoms with van der Waals surface area (Å²) in [5.74, 6) is 2.79. The van der Waals surface area contributed by atoms with Gasteiger partial charge in [0.25, 0.3) is 0 Å². The second-order valence-electron chi connectivity index (χ2n) is 10.6. The molecule has 29 heavy (non-hydrogen) atoms. The van der Waals surface area contributed by atoms with E-state index in [2.05, 4.69) is 24.9 Å². The summed E-state index contributed by atoms with van der Waals surface area (Å²) < 4.78 is 5.93. The van der Waals surface area contributed by atoms with Crippen LogP contribution in [-0.4, -0.2) is 34.5 Å². The molecule has 8 atom stereocenters. The second-order valence-corrected chi connectivity index (χ2v) is 10.6. The highest BCUT2D eigenvalue weighted by Crippen LogP contribution is 2.68. The van der Waals surface area contributed by atoms with E-state index in [0.29, 0.717) is 23.7 Å². The maximum Gasteiger partial charge on any atom is 0.100 e. The molecule has 4 heteroatoms. The van der Waals surface area contributed by atoms with Crippen LogP contribution >= 0.6 is 0 Å². The van der Waals surface area contributed by atoms with Gasteiger partial charge in [-0.05, 0) is 79.2 Å². The molecule has 0 aliphatic heterocycles. The molecule has 0 bridgehead atoms. The third kappa shape index (κ3) is 2.75. The predicted octanol–water partition coefficient (Wildman–Crippen LogP) is 4.42. The zero-order chi connectivity index (χ0) is 20.4. The Morgan fingerprint density at radius 2 is 1.93 bits per heavy atom. The van der Waals surface area contributed by atoms with Gasteiger partial charge in [0.1, 0.15) is 5.76 Å².